The van der Waals surface area contributed by atoms with Crippen molar-refractivity contribution in [2.75, 3.05) is 20.1 Å². The minimum Gasteiger partial charge on any atom is -0.298 e. The fourth-order valence-electron chi connectivity index (χ4n) is 3.56. The van der Waals surface area contributed by atoms with Gasteiger partial charge < -0.3 is 0 Å². The van der Waals surface area contributed by atoms with Crippen LogP contribution >= 0.6 is 0 Å². The highest BCUT2D eigenvalue weighted by Gasteiger charge is 2.24. The first-order valence-corrected chi connectivity index (χ1v) is 9.12. The molecule has 1 aliphatic heterocycles. The number of likely N-dealkylation sites (tertiary alicyclic amines) is 1. The van der Waals surface area contributed by atoms with Gasteiger partial charge >= 0.3 is 0 Å². The minimum absolute atomic E-state index is 0.169. The lowest BCUT2D eigenvalue weighted by Crippen LogP contribution is -2.34. The third-order valence-electron chi connectivity index (χ3n) is 4.97. The van der Waals surface area contributed by atoms with Crippen molar-refractivity contribution in [1.29, 1.82) is 0 Å². The molecule has 0 radical (unpaired) electrons. The van der Waals surface area contributed by atoms with E-state index in [-0.39, 0.29) is 5.78 Å². The maximum Gasteiger partial charge on any atom is 0.187 e. The van der Waals surface area contributed by atoms with E-state index in [1.165, 1.54) is 22.3 Å². The number of piperidine rings is 1. The number of benzene rings is 2. The van der Waals surface area contributed by atoms with Crippen molar-refractivity contribution in [3.8, 4) is 0 Å². The van der Waals surface area contributed by atoms with E-state index in [0.717, 1.165) is 22.3 Å². The van der Waals surface area contributed by atoms with Crippen molar-refractivity contribution < 1.29 is 4.79 Å². The van der Waals surface area contributed by atoms with Gasteiger partial charge in [0.2, 0.25) is 0 Å². The molecule has 2 nitrogen and oxygen atoms in total. The van der Waals surface area contributed by atoms with E-state index in [2.05, 4.69) is 88.2 Å². The van der Waals surface area contributed by atoms with Gasteiger partial charge in [0, 0.05) is 24.2 Å². The van der Waals surface area contributed by atoms with Gasteiger partial charge in [-0.15, -0.1) is 0 Å². The van der Waals surface area contributed by atoms with Gasteiger partial charge in [-0.2, -0.15) is 0 Å². The van der Waals surface area contributed by atoms with E-state index >= 15 is 0 Å². The summed E-state index contributed by atoms with van der Waals surface area (Å²) in [6, 6.07) is 12.7. The Labute approximate surface area is 156 Å². The van der Waals surface area contributed by atoms with Crippen LogP contribution in [0, 0.1) is 27.7 Å². The van der Waals surface area contributed by atoms with E-state index in [1.54, 1.807) is 0 Å². The van der Waals surface area contributed by atoms with Crippen LogP contribution in [0.3, 0.4) is 0 Å². The number of likely N-dealkylation sites (N-methyl/N-ethyl adjacent to an activating group) is 1. The van der Waals surface area contributed by atoms with E-state index in [4.69, 9.17) is 0 Å². The molecular weight excluding hydrogens is 318 g/mol. The van der Waals surface area contributed by atoms with Gasteiger partial charge in [0.1, 0.15) is 0 Å². The number of hydrogen-bond donors (Lipinski definition) is 0. The predicted molar refractivity (Wildman–Crippen MR) is 110 cm³/mol. The van der Waals surface area contributed by atoms with Gasteiger partial charge in [-0.1, -0.05) is 47.5 Å². The van der Waals surface area contributed by atoms with E-state index in [1.807, 2.05) is 0 Å². The van der Waals surface area contributed by atoms with Crippen LogP contribution in [0.25, 0.3) is 12.2 Å². The normalized spacial score (nSPS) is 18.7. The van der Waals surface area contributed by atoms with Crippen LogP contribution in [0.1, 0.15) is 33.4 Å². The van der Waals surface area contributed by atoms with Crippen LogP contribution in [-0.4, -0.2) is 30.8 Å². The molecule has 3 rings (SSSR count). The highest BCUT2D eigenvalue weighted by Crippen LogP contribution is 2.23. The molecule has 1 saturated heterocycles. The topological polar surface area (TPSA) is 20.3 Å². The number of carbonyl (C=O) groups excluding carboxylic acids is 1. The summed E-state index contributed by atoms with van der Waals surface area (Å²) < 4.78 is 0. The first-order valence-electron chi connectivity index (χ1n) is 9.12. The van der Waals surface area contributed by atoms with Crippen LogP contribution in [0.2, 0.25) is 0 Å². The Morgan fingerprint density at radius 2 is 1.19 bits per heavy atom. The van der Waals surface area contributed by atoms with E-state index in [0.29, 0.717) is 13.1 Å². The maximum atomic E-state index is 13.1. The number of Topliss-reactive ketones (excluding diaryl/α,β-unsaturated/α-hetero) is 1. The summed E-state index contributed by atoms with van der Waals surface area (Å²) in [5, 5.41) is 0. The largest absolute Gasteiger partial charge is 0.298 e. The molecule has 0 unspecified atom stereocenters. The second kappa shape index (κ2) is 7.43. The summed E-state index contributed by atoms with van der Waals surface area (Å²) in [6.07, 6.45) is 4.12. The number of hydrogen-bond acceptors (Lipinski definition) is 2. The molecule has 0 atom stereocenters. The van der Waals surface area contributed by atoms with Crippen molar-refractivity contribution in [3.05, 3.63) is 80.9 Å². The number of aryl methyl sites for hydroxylation is 4. The van der Waals surface area contributed by atoms with Crippen molar-refractivity contribution in [1.82, 2.24) is 4.90 Å². The van der Waals surface area contributed by atoms with Crippen molar-refractivity contribution in [2.24, 2.45) is 0 Å². The standard InChI is InChI=1S/C24H27NO/c1-16-6-8-20(18(3)10-16)12-22-14-25(5)15-23(24(22)26)13-21-9-7-17(2)11-19(21)4/h6-13H,14-15H2,1-5H3. The summed E-state index contributed by atoms with van der Waals surface area (Å²) in [4.78, 5) is 15.3. The summed E-state index contributed by atoms with van der Waals surface area (Å²) in [5.41, 5.74) is 8.87. The Morgan fingerprint density at radius 1 is 0.769 bits per heavy atom. The molecule has 26 heavy (non-hydrogen) atoms. The smallest absolute Gasteiger partial charge is 0.187 e. The number of carbonyl (C=O) groups is 1. The second-order valence-electron chi connectivity index (χ2n) is 7.56. The fraction of sp³-hybridized carbons (Fsp3) is 0.292. The minimum atomic E-state index is 0.169. The predicted octanol–water partition coefficient (Wildman–Crippen LogP) is 4.90. The first kappa shape index (κ1) is 18.3. The zero-order valence-corrected chi connectivity index (χ0v) is 16.4. The summed E-state index contributed by atoms with van der Waals surface area (Å²) >= 11 is 0. The average molecular weight is 345 g/mol. The molecule has 1 aliphatic rings. The Kier molecular flexibility index (Phi) is 5.24. The van der Waals surface area contributed by atoms with Crippen molar-refractivity contribution >= 4 is 17.9 Å². The lowest BCUT2D eigenvalue weighted by atomic mass is 9.92. The molecule has 0 spiro atoms. The molecule has 2 aromatic rings. The highest BCUT2D eigenvalue weighted by molar-refractivity contribution is 6.14. The Balaban J connectivity index is 1.97. The monoisotopic (exact) mass is 345 g/mol. The van der Waals surface area contributed by atoms with E-state index in [9.17, 15) is 4.79 Å². The van der Waals surface area contributed by atoms with Gasteiger partial charge in [-0.25, -0.2) is 0 Å². The molecule has 0 saturated carbocycles. The zero-order chi connectivity index (χ0) is 18.8. The molecule has 134 valence electrons. The molecule has 0 aromatic heterocycles. The van der Waals surface area contributed by atoms with Crippen molar-refractivity contribution in [3.63, 3.8) is 0 Å². The molecular formula is C24H27NO. The lowest BCUT2D eigenvalue weighted by Gasteiger charge is -2.26. The SMILES string of the molecule is Cc1ccc(C=C2CN(C)CC(=Cc3ccc(C)cc3C)C2=O)c(C)c1. The summed E-state index contributed by atoms with van der Waals surface area (Å²) in [7, 11) is 2.07. The fourth-order valence-corrected chi connectivity index (χ4v) is 3.56. The van der Waals surface area contributed by atoms with Gasteiger partial charge in [-0.3, -0.25) is 9.69 Å². The van der Waals surface area contributed by atoms with Crippen LogP contribution in [0.4, 0.5) is 0 Å². The van der Waals surface area contributed by atoms with Crippen LogP contribution < -0.4 is 0 Å². The van der Waals surface area contributed by atoms with Gasteiger partial charge in [0.05, 0.1) is 0 Å². The molecule has 1 heterocycles. The molecule has 0 aliphatic carbocycles. The van der Waals surface area contributed by atoms with Crippen LogP contribution in [-0.2, 0) is 4.79 Å². The van der Waals surface area contributed by atoms with E-state index < -0.39 is 0 Å². The second-order valence-corrected chi connectivity index (χ2v) is 7.56. The lowest BCUT2D eigenvalue weighted by molar-refractivity contribution is -0.113. The van der Waals surface area contributed by atoms with Gasteiger partial charge in [0.25, 0.3) is 0 Å². The molecule has 1 fully saturated rings. The average Bonchev–Trinajstić information content (AvgIpc) is 2.56. The van der Waals surface area contributed by atoms with Crippen molar-refractivity contribution in [2.45, 2.75) is 27.7 Å². The highest BCUT2D eigenvalue weighted by atomic mass is 16.1. The quantitative estimate of drug-likeness (QED) is 0.722. The Morgan fingerprint density at radius 3 is 1.58 bits per heavy atom. The molecule has 0 bridgehead atoms. The van der Waals surface area contributed by atoms with Gasteiger partial charge in [0.15, 0.2) is 5.78 Å². The molecule has 0 amide bonds. The molecule has 2 aromatic carbocycles. The number of ketones is 1. The molecule has 0 N–H and O–H groups in total. The van der Waals surface area contributed by atoms with Crippen LogP contribution in [0.15, 0.2) is 47.5 Å². The first-order chi connectivity index (χ1) is 12.3. The number of nitrogens with zero attached hydrogens (tertiary/aromatic N) is 1. The van der Waals surface area contributed by atoms with Crippen LogP contribution in [0.5, 0.6) is 0 Å². The Bertz CT molecular complexity index is 844. The summed E-state index contributed by atoms with van der Waals surface area (Å²) in [6.45, 7) is 9.76. The third kappa shape index (κ3) is 4.03. The zero-order valence-electron chi connectivity index (χ0n) is 16.4. The Hall–Kier alpha value is -2.45. The molecule has 2 heteroatoms. The third-order valence-corrected chi connectivity index (χ3v) is 4.97. The maximum absolute atomic E-state index is 13.1. The van der Waals surface area contributed by atoms with Gasteiger partial charge in [-0.05, 0) is 69.1 Å². The number of rotatable bonds is 2. The summed E-state index contributed by atoms with van der Waals surface area (Å²) in [5.74, 6) is 0.169.